The highest BCUT2D eigenvalue weighted by Gasteiger charge is 2.46. The first-order valence-corrected chi connectivity index (χ1v) is 9.92. The average Bonchev–Trinajstić information content (AvgIpc) is 3.13. The van der Waals surface area contributed by atoms with Gasteiger partial charge in [0, 0.05) is 44.7 Å². The molecule has 0 amide bonds. The molecular weight excluding hydrogens is 373 g/mol. The van der Waals surface area contributed by atoms with Gasteiger partial charge in [-0.2, -0.15) is 13.2 Å². The summed E-state index contributed by atoms with van der Waals surface area (Å²) in [4.78, 5) is 3.54. The van der Waals surface area contributed by atoms with Crippen LogP contribution in [0.3, 0.4) is 0 Å². The third-order valence-electron chi connectivity index (χ3n) is 6.20. The maximum Gasteiger partial charge on any atom is 0.401 e. The molecule has 5 nitrogen and oxygen atoms in total. The summed E-state index contributed by atoms with van der Waals surface area (Å²) >= 11 is 0. The molecule has 2 heterocycles. The molecular formula is C20H27F3N2O3. The highest BCUT2D eigenvalue weighted by molar-refractivity contribution is 5.49. The van der Waals surface area contributed by atoms with Gasteiger partial charge in [0.2, 0.25) is 0 Å². The standard InChI is InChI=1S/C20H27F3N2O3/c21-20(22,23)15-24-9-11-25(12-10-24)17-3-1-16(2-4-17)18(26)5-7-19(8-6-18)27-13-14-28-19/h1-4,26H,5-15H2. The van der Waals surface area contributed by atoms with E-state index in [1.807, 2.05) is 24.3 Å². The lowest BCUT2D eigenvalue weighted by Gasteiger charge is -2.41. The number of benzene rings is 1. The number of nitrogens with zero attached hydrogens (tertiary/aromatic N) is 2. The largest absolute Gasteiger partial charge is 0.401 e. The molecule has 1 spiro atoms. The van der Waals surface area contributed by atoms with E-state index in [-0.39, 0.29) is 0 Å². The number of halogens is 3. The second-order valence-electron chi connectivity index (χ2n) is 8.06. The predicted octanol–water partition coefficient (Wildman–Crippen LogP) is 2.88. The van der Waals surface area contributed by atoms with Crippen LogP contribution < -0.4 is 4.90 Å². The summed E-state index contributed by atoms with van der Waals surface area (Å²) in [7, 11) is 0. The molecule has 1 aliphatic carbocycles. The number of alkyl halides is 3. The summed E-state index contributed by atoms with van der Waals surface area (Å²) in [6.45, 7) is 2.31. The van der Waals surface area contributed by atoms with Gasteiger partial charge in [-0.15, -0.1) is 0 Å². The smallest absolute Gasteiger partial charge is 0.385 e. The van der Waals surface area contributed by atoms with E-state index in [0.29, 0.717) is 65.1 Å². The second-order valence-corrected chi connectivity index (χ2v) is 8.06. The van der Waals surface area contributed by atoms with Gasteiger partial charge in [-0.3, -0.25) is 4.90 Å². The van der Waals surface area contributed by atoms with Crippen LogP contribution in [0.15, 0.2) is 24.3 Å². The van der Waals surface area contributed by atoms with Crippen molar-refractivity contribution in [2.45, 2.75) is 43.2 Å². The summed E-state index contributed by atoms with van der Waals surface area (Å²) in [6.07, 6.45) is -1.63. The molecule has 1 aromatic rings. The molecule has 28 heavy (non-hydrogen) atoms. The number of hydrogen-bond donors (Lipinski definition) is 1. The van der Waals surface area contributed by atoms with E-state index in [1.165, 1.54) is 4.90 Å². The number of piperazine rings is 1. The van der Waals surface area contributed by atoms with Crippen molar-refractivity contribution in [3.63, 3.8) is 0 Å². The molecule has 1 saturated carbocycles. The van der Waals surface area contributed by atoms with Crippen LogP contribution in [0.1, 0.15) is 31.2 Å². The van der Waals surface area contributed by atoms with E-state index < -0.39 is 24.1 Å². The summed E-state index contributed by atoms with van der Waals surface area (Å²) in [5, 5.41) is 11.1. The monoisotopic (exact) mass is 400 g/mol. The summed E-state index contributed by atoms with van der Waals surface area (Å²) in [5.41, 5.74) is 0.971. The topological polar surface area (TPSA) is 45.2 Å². The highest BCUT2D eigenvalue weighted by Crippen LogP contribution is 2.45. The molecule has 0 unspecified atom stereocenters. The predicted molar refractivity (Wildman–Crippen MR) is 98.1 cm³/mol. The molecule has 0 radical (unpaired) electrons. The maximum atomic E-state index is 12.5. The molecule has 1 N–H and O–H groups in total. The molecule has 156 valence electrons. The van der Waals surface area contributed by atoms with Gasteiger partial charge in [0.25, 0.3) is 0 Å². The number of hydrogen-bond acceptors (Lipinski definition) is 5. The van der Waals surface area contributed by atoms with Crippen molar-refractivity contribution in [3.05, 3.63) is 29.8 Å². The first-order valence-electron chi connectivity index (χ1n) is 9.92. The van der Waals surface area contributed by atoms with Gasteiger partial charge in [0.1, 0.15) is 0 Å². The molecule has 4 rings (SSSR count). The van der Waals surface area contributed by atoms with Gasteiger partial charge in [-0.1, -0.05) is 12.1 Å². The molecule has 0 atom stereocenters. The van der Waals surface area contributed by atoms with Crippen LogP contribution in [0.2, 0.25) is 0 Å². The Kier molecular flexibility index (Phi) is 5.33. The van der Waals surface area contributed by atoms with Crippen LogP contribution in [0, 0.1) is 0 Å². The van der Waals surface area contributed by atoms with E-state index in [2.05, 4.69) is 4.90 Å². The molecule has 0 aromatic heterocycles. The third kappa shape index (κ3) is 4.30. The Hall–Kier alpha value is -1.35. The van der Waals surface area contributed by atoms with E-state index in [4.69, 9.17) is 9.47 Å². The van der Waals surface area contributed by atoms with E-state index >= 15 is 0 Å². The van der Waals surface area contributed by atoms with Crippen LogP contribution in [-0.4, -0.2) is 67.9 Å². The Morgan fingerprint density at radius 2 is 1.46 bits per heavy atom. The van der Waals surface area contributed by atoms with Crippen LogP contribution >= 0.6 is 0 Å². The molecule has 3 aliphatic rings. The zero-order valence-corrected chi connectivity index (χ0v) is 15.9. The summed E-state index contributed by atoms with van der Waals surface area (Å²) in [6, 6.07) is 7.79. The Labute approximate surface area is 163 Å². The molecule has 0 bridgehead atoms. The van der Waals surface area contributed by atoms with E-state index in [9.17, 15) is 18.3 Å². The van der Waals surface area contributed by atoms with Gasteiger partial charge in [-0.25, -0.2) is 0 Å². The second kappa shape index (κ2) is 7.48. The Balaban J connectivity index is 1.34. The first-order chi connectivity index (χ1) is 13.3. The van der Waals surface area contributed by atoms with Crippen molar-refractivity contribution in [2.24, 2.45) is 0 Å². The SMILES string of the molecule is OC1(c2ccc(N3CCN(CC(F)(F)F)CC3)cc2)CCC2(CC1)OCCO2. The maximum absolute atomic E-state index is 12.5. The normalized spacial score (nSPS) is 25.4. The van der Waals surface area contributed by atoms with Crippen LogP contribution in [-0.2, 0) is 15.1 Å². The van der Waals surface area contributed by atoms with Crippen molar-refractivity contribution < 1.29 is 27.8 Å². The van der Waals surface area contributed by atoms with Gasteiger partial charge in [0.05, 0.1) is 25.4 Å². The number of ether oxygens (including phenoxy) is 2. The Bertz CT molecular complexity index is 656. The van der Waals surface area contributed by atoms with Crippen LogP contribution in [0.25, 0.3) is 0 Å². The fourth-order valence-electron chi connectivity index (χ4n) is 4.52. The summed E-state index contributed by atoms with van der Waals surface area (Å²) < 4.78 is 49.0. The zero-order chi connectivity index (χ0) is 19.8. The number of aliphatic hydroxyl groups is 1. The lowest BCUT2D eigenvalue weighted by molar-refractivity contribution is -0.204. The number of anilines is 1. The summed E-state index contributed by atoms with van der Waals surface area (Å²) in [5.74, 6) is -0.512. The molecule has 2 saturated heterocycles. The minimum Gasteiger partial charge on any atom is -0.385 e. The van der Waals surface area contributed by atoms with Crippen molar-refractivity contribution in [1.82, 2.24) is 4.90 Å². The van der Waals surface area contributed by atoms with Gasteiger partial charge in [0.15, 0.2) is 5.79 Å². The Morgan fingerprint density at radius 3 is 2.00 bits per heavy atom. The highest BCUT2D eigenvalue weighted by atomic mass is 19.4. The molecule has 3 fully saturated rings. The van der Waals surface area contributed by atoms with Crippen molar-refractivity contribution in [3.8, 4) is 0 Å². The van der Waals surface area contributed by atoms with Crippen LogP contribution in [0.5, 0.6) is 0 Å². The van der Waals surface area contributed by atoms with E-state index in [1.54, 1.807) is 0 Å². The third-order valence-corrected chi connectivity index (χ3v) is 6.20. The zero-order valence-electron chi connectivity index (χ0n) is 15.9. The van der Waals surface area contributed by atoms with Crippen molar-refractivity contribution in [2.75, 3.05) is 50.8 Å². The quantitative estimate of drug-likeness (QED) is 0.846. The lowest BCUT2D eigenvalue weighted by Crippen LogP contribution is -2.49. The van der Waals surface area contributed by atoms with E-state index in [0.717, 1.165) is 11.3 Å². The fraction of sp³-hybridized carbons (Fsp3) is 0.700. The minimum absolute atomic E-state index is 0.396. The average molecular weight is 400 g/mol. The van der Waals surface area contributed by atoms with Crippen molar-refractivity contribution >= 4 is 5.69 Å². The molecule has 1 aromatic carbocycles. The Morgan fingerprint density at radius 1 is 0.893 bits per heavy atom. The first kappa shape index (κ1) is 19.9. The van der Waals surface area contributed by atoms with Gasteiger partial charge >= 0.3 is 6.18 Å². The van der Waals surface area contributed by atoms with Gasteiger partial charge in [-0.05, 0) is 30.5 Å². The minimum atomic E-state index is -4.15. The van der Waals surface area contributed by atoms with Crippen LogP contribution in [0.4, 0.5) is 18.9 Å². The number of rotatable bonds is 3. The van der Waals surface area contributed by atoms with Crippen molar-refractivity contribution in [1.29, 1.82) is 0 Å². The fourth-order valence-corrected chi connectivity index (χ4v) is 4.52. The molecule has 2 aliphatic heterocycles. The van der Waals surface area contributed by atoms with Gasteiger partial charge < -0.3 is 19.5 Å². The molecule has 8 heteroatoms. The lowest BCUT2D eigenvalue weighted by atomic mass is 9.77.